The van der Waals surface area contributed by atoms with Gasteiger partial charge in [-0.3, -0.25) is 0 Å². The number of aromatic nitrogens is 1. The largest absolute Gasteiger partial charge is 0.409 e. The van der Waals surface area contributed by atoms with E-state index in [0.717, 1.165) is 25.1 Å². The van der Waals surface area contributed by atoms with Crippen molar-refractivity contribution in [2.45, 2.75) is 56.6 Å². The van der Waals surface area contributed by atoms with Crippen molar-refractivity contribution in [1.82, 2.24) is 4.57 Å². The van der Waals surface area contributed by atoms with Crippen LogP contribution in [0.2, 0.25) is 0 Å². The zero-order valence-electron chi connectivity index (χ0n) is 11.8. The first-order valence-corrected chi connectivity index (χ1v) is 7.53. The van der Waals surface area contributed by atoms with Crippen LogP contribution in [-0.2, 0) is 4.74 Å². The Morgan fingerprint density at radius 2 is 2.20 bits per heavy atom. The summed E-state index contributed by atoms with van der Waals surface area (Å²) in [5.41, 5.74) is 6.62. The molecule has 3 rings (SSSR count). The van der Waals surface area contributed by atoms with Crippen molar-refractivity contribution >= 4 is 5.84 Å². The highest BCUT2D eigenvalue weighted by Gasteiger charge is 2.39. The van der Waals surface area contributed by atoms with Crippen molar-refractivity contribution in [3.8, 4) is 0 Å². The van der Waals surface area contributed by atoms with Gasteiger partial charge in [-0.05, 0) is 37.8 Å². The Balaban J connectivity index is 1.82. The van der Waals surface area contributed by atoms with Gasteiger partial charge in [-0.25, -0.2) is 0 Å². The first-order chi connectivity index (χ1) is 9.74. The molecule has 0 aromatic carbocycles. The van der Waals surface area contributed by atoms with E-state index in [-0.39, 0.29) is 11.4 Å². The summed E-state index contributed by atoms with van der Waals surface area (Å²) in [6.07, 6.45) is 10.3. The highest BCUT2D eigenvalue weighted by atomic mass is 16.5. The molecule has 1 unspecified atom stereocenters. The van der Waals surface area contributed by atoms with Gasteiger partial charge in [0.2, 0.25) is 0 Å². The minimum absolute atomic E-state index is 0.0633. The van der Waals surface area contributed by atoms with Crippen LogP contribution in [0.5, 0.6) is 0 Å². The van der Waals surface area contributed by atoms with Gasteiger partial charge >= 0.3 is 0 Å². The lowest BCUT2D eigenvalue weighted by Gasteiger charge is -2.44. The summed E-state index contributed by atoms with van der Waals surface area (Å²) in [6.45, 7) is 0.804. The van der Waals surface area contributed by atoms with Crippen LogP contribution in [0.4, 0.5) is 0 Å². The third-order valence-corrected chi connectivity index (χ3v) is 4.77. The zero-order valence-corrected chi connectivity index (χ0v) is 11.8. The fourth-order valence-corrected chi connectivity index (χ4v) is 3.76. The number of nitrogens with zero attached hydrogens (tertiary/aromatic N) is 2. The lowest BCUT2D eigenvalue weighted by molar-refractivity contribution is -0.114. The lowest BCUT2D eigenvalue weighted by atomic mass is 9.78. The van der Waals surface area contributed by atoms with Crippen molar-refractivity contribution in [3.63, 3.8) is 0 Å². The number of oxime groups is 1. The lowest BCUT2D eigenvalue weighted by Crippen LogP contribution is -2.42. The molecule has 1 spiro atoms. The van der Waals surface area contributed by atoms with E-state index >= 15 is 0 Å². The molecule has 110 valence electrons. The van der Waals surface area contributed by atoms with Crippen molar-refractivity contribution < 1.29 is 9.94 Å². The van der Waals surface area contributed by atoms with Crippen LogP contribution in [0.15, 0.2) is 23.5 Å². The van der Waals surface area contributed by atoms with Crippen LogP contribution in [0.3, 0.4) is 0 Å². The quantitative estimate of drug-likeness (QED) is 0.378. The van der Waals surface area contributed by atoms with Crippen LogP contribution in [0.1, 0.15) is 56.7 Å². The van der Waals surface area contributed by atoms with Gasteiger partial charge in [0.05, 0.1) is 11.3 Å². The van der Waals surface area contributed by atoms with Crippen LogP contribution < -0.4 is 5.73 Å². The molecule has 1 aliphatic heterocycles. The number of amidine groups is 1. The van der Waals surface area contributed by atoms with E-state index in [1.807, 2.05) is 18.3 Å². The predicted molar refractivity (Wildman–Crippen MR) is 77.0 cm³/mol. The van der Waals surface area contributed by atoms with Gasteiger partial charge in [0.1, 0.15) is 0 Å². The number of hydrogen-bond acceptors (Lipinski definition) is 3. The molecular weight excluding hydrogens is 254 g/mol. The van der Waals surface area contributed by atoms with Crippen LogP contribution in [0, 0.1) is 0 Å². The molecule has 2 aliphatic rings. The summed E-state index contributed by atoms with van der Waals surface area (Å²) in [7, 11) is 0. The third kappa shape index (κ3) is 2.42. The smallest absolute Gasteiger partial charge is 0.186 e. The van der Waals surface area contributed by atoms with E-state index in [1.165, 1.54) is 32.1 Å². The summed E-state index contributed by atoms with van der Waals surface area (Å²) in [5, 5.41) is 12.0. The molecule has 5 nitrogen and oxygen atoms in total. The third-order valence-electron chi connectivity index (χ3n) is 4.77. The van der Waals surface area contributed by atoms with Gasteiger partial charge in [0.25, 0.3) is 0 Å². The molecule has 1 aliphatic carbocycles. The van der Waals surface area contributed by atoms with Gasteiger partial charge in [-0.1, -0.05) is 24.4 Å². The van der Waals surface area contributed by atoms with Crippen molar-refractivity contribution in [2.24, 2.45) is 10.9 Å². The molecule has 0 bridgehead atoms. The summed E-state index contributed by atoms with van der Waals surface area (Å²) in [4.78, 5) is 0. The predicted octanol–water partition coefficient (Wildman–Crippen LogP) is 2.64. The fraction of sp³-hybridized carbons (Fsp3) is 0.667. The van der Waals surface area contributed by atoms with E-state index in [0.29, 0.717) is 6.04 Å². The molecule has 1 saturated carbocycles. The fourth-order valence-electron chi connectivity index (χ4n) is 3.76. The van der Waals surface area contributed by atoms with E-state index in [9.17, 15) is 0 Å². The topological polar surface area (TPSA) is 72.8 Å². The molecule has 1 saturated heterocycles. The van der Waals surface area contributed by atoms with Gasteiger partial charge < -0.3 is 20.2 Å². The highest BCUT2D eigenvalue weighted by Crippen LogP contribution is 2.42. The maximum Gasteiger partial charge on any atom is 0.186 e. The molecule has 3 N–H and O–H groups in total. The van der Waals surface area contributed by atoms with Crippen molar-refractivity contribution in [2.75, 3.05) is 6.61 Å². The Morgan fingerprint density at radius 1 is 1.40 bits per heavy atom. The Kier molecular flexibility index (Phi) is 3.70. The molecule has 20 heavy (non-hydrogen) atoms. The molecule has 2 fully saturated rings. The summed E-state index contributed by atoms with van der Waals surface area (Å²) < 4.78 is 8.28. The molecule has 1 aromatic rings. The minimum Gasteiger partial charge on any atom is -0.409 e. The average Bonchev–Trinajstić information content (AvgIpc) is 2.97. The van der Waals surface area contributed by atoms with Crippen molar-refractivity contribution in [3.05, 3.63) is 24.0 Å². The SMILES string of the molecule is N/C(=N/O)c1cccn1C1CCOC2(CCCCC2)C1. The molecule has 1 atom stereocenters. The van der Waals surface area contributed by atoms with E-state index < -0.39 is 0 Å². The monoisotopic (exact) mass is 277 g/mol. The summed E-state index contributed by atoms with van der Waals surface area (Å²) in [5.74, 6) is 0.180. The Labute approximate surface area is 119 Å². The maximum atomic E-state index is 8.90. The van der Waals surface area contributed by atoms with Crippen LogP contribution in [-0.4, -0.2) is 27.8 Å². The molecule has 0 amide bonds. The highest BCUT2D eigenvalue weighted by molar-refractivity contribution is 5.95. The zero-order chi connectivity index (χ0) is 14.0. The molecule has 0 radical (unpaired) electrons. The Morgan fingerprint density at radius 3 is 2.95 bits per heavy atom. The number of ether oxygens (including phenoxy) is 1. The number of nitrogens with two attached hydrogens (primary N) is 1. The van der Waals surface area contributed by atoms with Gasteiger partial charge in [0.15, 0.2) is 5.84 Å². The van der Waals surface area contributed by atoms with Gasteiger partial charge in [0, 0.05) is 18.8 Å². The Bertz CT molecular complexity index is 484. The average molecular weight is 277 g/mol. The molecule has 1 aromatic heterocycles. The van der Waals surface area contributed by atoms with Crippen LogP contribution in [0.25, 0.3) is 0 Å². The van der Waals surface area contributed by atoms with Gasteiger partial charge in [-0.15, -0.1) is 0 Å². The summed E-state index contributed by atoms with van der Waals surface area (Å²) >= 11 is 0. The molecule has 2 heterocycles. The standard InChI is InChI=1S/C15H23N3O2/c16-14(17-19)13-5-4-9-18(13)12-6-10-20-15(11-12)7-2-1-3-8-15/h4-5,9,12,19H,1-3,6-8,10-11H2,(H2,16,17). The summed E-state index contributed by atoms with van der Waals surface area (Å²) in [6, 6.07) is 4.24. The second-order valence-corrected chi connectivity index (χ2v) is 6.02. The second kappa shape index (κ2) is 5.48. The molecular formula is C15H23N3O2. The number of rotatable bonds is 2. The maximum absolute atomic E-state index is 8.90. The number of hydrogen-bond donors (Lipinski definition) is 2. The van der Waals surface area contributed by atoms with E-state index in [4.69, 9.17) is 15.7 Å². The van der Waals surface area contributed by atoms with Gasteiger partial charge in [-0.2, -0.15) is 0 Å². The Hall–Kier alpha value is -1.49. The minimum atomic E-state index is 0.0633. The van der Waals surface area contributed by atoms with E-state index in [1.54, 1.807) is 0 Å². The molecule has 5 heteroatoms. The van der Waals surface area contributed by atoms with Crippen molar-refractivity contribution in [1.29, 1.82) is 0 Å². The first-order valence-electron chi connectivity index (χ1n) is 7.53. The first kappa shape index (κ1) is 13.5. The van der Waals surface area contributed by atoms with E-state index in [2.05, 4.69) is 9.72 Å². The normalized spacial score (nSPS) is 26.8. The van der Waals surface area contributed by atoms with Crippen LogP contribution >= 0.6 is 0 Å². The second-order valence-electron chi connectivity index (χ2n) is 6.02.